The summed E-state index contributed by atoms with van der Waals surface area (Å²) in [5, 5.41) is 7.26. The number of nitrogens with one attached hydrogen (secondary N) is 1. The van der Waals surface area contributed by atoms with E-state index in [1.165, 1.54) is 5.56 Å². The van der Waals surface area contributed by atoms with Gasteiger partial charge in [0.1, 0.15) is 0 Å². The second kappa shape index (κ2) is 7.04. The maximum atomic E-state index is 4.73. The summed E-state index contributed by atoms with van der Waals surface area (Å²) in [7, 11) is 1.76. The molecule has 1 aromatic heterocycles. The number of hydrogen-bond acceptors (Lipinski definition) is 2. The van der Waals surface area contributed by atoms with Crippen LogP contribution < -0.4 is 0 Å². The summed E-state index contributed by atoms with van der Waals surface area (Å²) >= 11 is 0. The zero-order chi connectivity index (χ0) is 16.9. The largest absolute Gasteiger partial charge is 0.277 e. The summed E-state index contributed by atoms with van der Waals surface area (Å²) in [5.41, 5.74) is 6.14. The first-order chi connectivity index (χ1) is 11.7. The molecule has 3 aromatic rings. The average Bonchev–Trinajstić information content (AvgIpc) is 3.11. The van der Waals surface area contributed by atoms with E-state index in [1.807, 2.05) is 43.5 Å². The fourth-order valence-corrected chi connectivity index (χ4v) is 2.55. The number of hydrogen-bond donors (Lipinski definition) is 1. The zero-order valence-electron chi connectivity index (χ0n) is 14.1. The average molecular weight is 316 g/mol. The van der Waals surface area contributed by atoms with Crippen molar-refractivity contribution >= 4 is 11.5 Å². The van der Waals surface area contributed by atoms with E-state index in [4.69, 9.17) is 4.99 Å². The van der Waals surface area contributed by atoms with Gasteiger partial charge in [0.25, 0.3) is 0 Å². The topological polar surface area (TPSA) is 53.4 Å². The molecule has 0 unspecified atom stereocenters. The van der Waals surface area contributed by atoms with E-state index in [0.29, 0.717) is 5.84 Å². The summed E-state index contributed by atoms with van der Waals surface area (Å²) in [6, 6.07) is 18.4. The maximum Gasteiger partial charge on any atom is 0.154 e. The molecule has 1 N–H and O–H groups in total. The second-order valence-corrected chi connectivity index (χ2v) is 5.64. The van der Waals surface area contributed by atoms with Gasteiger partial charge in [-0.3, -0.25) is 10.1 Å². The number of aromatic amines is 1. The molecule has 0 bridgehead atoms. The first-order valence-corrected chi connectivity index (χ1v) is 7.87. The fraction of sp³-hybridized carbons (Fsp3) is 0.150. The molecule has 0 aliphatic rings. The molecule has 4 heteroatoms. The van der Waals surface area contributed by atoms with E-state index in [1.54, 1.807) is 7.05 Å². The van der Waals surface area contributed by atoms with Gasteiger partial charge < -0.3 is 0 Å². The van der Waals surface area contributed by atoms with Crippen LogP contribution in [0.25, 0.3) is 11.3 Å². The molecule has 0 radical (unpaired) electrons. The predicted molar refractivity (Wildman–Crippen MR) is 99.9 cm³/mol. The molecule has 0 fully saturated rings. The summed E-state index contributed by atoms with van der Waals surface area (Å²) in [5.74, 6) is 0.715. The number of nitrogens with zero attached hydrogens (tertiary/aromatic N) is 3. The molecule has 120 valence electrons. The molecule has 0 saturated heterocycles. The Bertz CT molecular complexity index is 872. The minimum Gasteiger partial charge on any atom is -0.277 e. The molecule has 0 aliphatic carbocycles. The Morgan fingerprint density at radius 1 is 1.00 bits per heavy atom. The van der Waals surface area contributed by atoms with E-state index < -0.39 is 0 Å². The molecular formula is C20H20N4. The Kier molecular flexibility index (Phi) is 4.66. The third-order valence-electron chi connectivity index (χ3n) is 3.89. The molecule has 24 heavy (non-hydrogen) atoms. The fourth-order valence-electron chi connectivity index (χ4n) is 2.55. The summed E-state index contributed by atoms with van der Waals surface area (Å²) in [6.45, 7) is 4.05. The summed E-state index contributed by atoms with van der Waals surface area (Å²) in [4.78, 5) is 9.07. The van der Waals surface area contributed by atoms with Gasteiger partial charge in [0.2, 0.25) is 0 Å². The number of benzene rings is 2. The molecule has 0 aliphatic heterocycles. The Balaban J connectivity index is 1.97. The molecule has 0 amide bonds. The second-order valence-electron chi connectivity index (χ2n) is 5.64. The Labute approximate surface area is 142 Å². The highest BCUT2D eigenvalue weighted by Gasteiger charge is 2.11. The normalized spacial score (nSPS) is 12.5. The number of aliphatic imine (C=N–C) groups is 2. The lowest BCUT2D eigenvalue weighted by Gasteiger charge is -2.06. The molecule has 1 heterocycles. The third kappa shape index (κ3) is 3.33. The van der Waals surface area contributed by atoms with Gasteiger partial charge in [0.05, 0.1) is 17.6 Å². The molecule has 2 aromatic carbocycles. The van der Waals surface area contributed by atoms with Crippen molar-refractivity contribution < 1.29 is 0 Å². The molecule has 0 atom stereocenters. The third-order valence-corrected chi connectivity index (χ3v) is 3.89. The van der Waals surface area contributed by atoms with Gasteiger partial charge in [-0.15, -0.1) is 0 Å². The number of aryl methyl sites for hydroxylation is 1. The van der Waals surface area contributed by atoms with Crippen molar-refractivity contribution in [3.8, 4) is 11.3 Å². The van der Waals surface area contributed by atoms with Crippen molar-refractivity contribution in [2.24, 2.45) is 9.98 Å². The summed E-state index contributed by atoms with van der Waals surface area (Å²) < 4.78 is 0. The summed E-state index contributed by atoms with van der Waals surface area (Å²) in [6.07, 6.45) is 1.81. The van der Waals surface area contributed by atoms with Crippen LogP contribution in [0.4, 0.5) is 0 Å². The van der Waals surface area contributed by atoms with Crippen LogP contribution in [0.3, 0.4) is 0 Å². The van der Waals surface area contributed by atoms with E-state index >= 15 is 0 Å². The number of rotatable bonds is 3. The van der Waals surface area contributed by atoms with Crippen LogP contribution >= 0.6 is 0 Å². The van der Waals surface area contributed by atoms with Crippen LogP contribution in [0, 0.1) is 6.92 Å². The Hall–Kier alpha value is -3.01. The highest BCUT2D eigenvalue weighted by Crippen LogP contribution is 2.21. The van der Waals surface area contributed by atoms with Gasteiger partial charge in [-0.25, -0.2) is 4.99 Å². The van der Waals surface area contributed by atoms with Gasteiger partial charge in [0.15, 0.2) is 5.84 Å². The molecular weight excluding hydrogens is 296 g/mol. The Morgan fingerprint density at radius 3 is 2.38 bits per heavy atom. The zero-order valence-corrected chi connectivity index (χ0v) is 14.1. The first-order valence-electron chi connectivity index (χ1n) is 7.87. The molecule has 3 rings (SSSR count). The standard InChI is InChI=1S/C20H20N4/c1-14-9-11-17(12-10-14)20(21-3)23-15(2)18-13-22-24-19(18)16-7-5-4-6-8-16/h4-13H,1-3H3,(H,22,24). The lowest BCUT2D eigenvalue weighted by molar-refractivity contribution is 1.10. The highest BCUT2D eigenvalue weighted by molar-refractivity contribution is 6.13. The highest BCUT2D eigenvalue weighted by atomic mass is 15.1. The van der Waals surface area contributed by atoms with Gasteiger partial charge in [-0.1, -0.05) is 60.2 Å². The maximum absolute atomic E-state index is 4.73. The van der Waals surface area contributed by atoms with Crippen LogP contribution in [0.1, 0.15) is 23.6 Å². The van der Waals surface area contributed by atoms with E-state index in [-0.39, 0.29) is 0 Å². The van der Waals surface area contributed by atoms with Crippen molar-refractivity contribution in [2.45, 2.75) is 13.8 Å². The number of aromatic nitrogens is 2. The van der Waals surface area contributed by atoms with Crippen molar-refractivity contribution in [1.82, 2.24) is 10.2 Å². The van der Waals surface area contributed by atoms with Crippen molar-refractivity contribution in [3.63, 3.8) is 0 Å². The molecule has 4 nitrogen and oxygen atoms in total. The number of H-pyrrole nitrogens is 1. The molecule has 0 spiro atoms. The van der Waals surface area contributed by atoms with Gasteiger partial charge >= 0.3 is 0 Å². The van der Waals surface area contributed by atoms with Crippen LogP contribution in [-0.4, -0.2) is 28.8 Å². The van der Waals surface area contributed by atoms with Crippen molar-refractivity contribution in [3.05, 3.63) is 77.5 Å². The van der Waals surface area contributed by atoms with Crippen LogP contribution in [0.15, 0.2) is 70.8 Å². The van der Waals surface area contributed by atoms with Gasteiger partial charge in [0, 0.05) is 23.7 Å². The monoisotopic (exact) mass is 316 g/mol. The smallest absolute Gasteiger partial charge is 0.154 e. The lowest BCUT2D eigenvalue weighted by Crippen LogP contribution is -2.04. The molecule has 0 saturated carbocycles. The van der Waals surface area contributed by atoms with Crippen molar-refractivity contribution in [2.75, 3.05) is 7.05 Å². The van der Waals surface area contributed by atoms with Gasteiger partial charge in [-0.2, -0.15) is 5.10 Å². The Morgan fingerprint density at radius 2 is 1.71 bits per heavy atom. The van der Waals surface area contributed by atoms with Crippen LogP contribution in [0.5, 0.6) is 0 Å². The SMILES string of the molecule is CN=C(N=C(C)c1cn[nH]c1-c1ccccc1)c1ccc(C)cc1. The quantitative estimate of drug-likeness (QED) is 0.569. The van der Waals surface area contributed by atoms with Crippen LogP contribution in [0.2, 0.25) is 0 Å². The predicted octanol–water partition coefficient (Wildman–Crippen LogP) is 4.27. The van der Waals surface area contributed by atoms with E-state index in [9.17, 15) is 0 Å². The van der Waals surface area contributed by atoms with Crippen LogP contribution in [-0.2, 0) is 0 Å². The minimum absolute atomic E-state index is 0.715. The lowest BCUT2D eigenvalue weighted by atomic mass is 10.1. The van der Waals surface area contributed by atoms with E-state index in [2.05, 4.69) is 46.4 Å². The van der Waals surface area contributed by atoms with Gasteiger partial charge in [-0.05, 0) is 13.8 Å². The van der Waals surface area contributed by atoms with E-state index in [0.717, 1.165) is 28.1 Å². The number of amidine groups is 1. The first kappa shape index (κ1) is 15.9. The minimum atomic E-state index is 0.715. The van der Waals surface area contributed by atoms with Crippen molar-refractivity contribution in [1.29, 1.82) is 0 Å².